The largest absolute Gasteiger partial charge is 0.493 e. The monoisotopic (exact) mass is 406 g/mol. The molecule has 3 rings (SSSR count). The van der Waals surface area contributed by atoms with Crippen LogP contribution >= 0.6 is 11.8 Å². The van der Waals surface area contributed by atoms with Crippen molar-refractivity contribution in [3.8, 4) is 28.6 Å². The molecule has 0 radical (unpaired) electrons. The Kier molecular flexibility index (Phi) is 6.66. The molecule has 152 valence electrons. The van der Waals surface area contributed by atoms with Crippen LogP contribution in [-0.2, 0) is 4.79 Å². The Labute approximate surface area is 168 Å². The highest BCUT2D eigenvalue weighted by Crippen LogP contribution is 2.42. The van der Waals surface area contributed by atoms with E-state index in [2.05, 4.69) is 14.8 Å². The maximum absolute atomic E-state index is 11.3. The Balaban J connectivity index is 2.09. The number of nitrogens with zero attached hydrogens (tertiary/aromatic N) is 3. The van der Waals surface area contributed by atoms with Crippen LogP contribution in [0.2, 0.25) is 0 Å². The summed E-state index contributed by atoms with van der Waals surface area (Å²) in [6.07, 6.45) is 5.68. The second-order valence-electron chi connectivity index (χ2n) is 6.64. The average molecular weight is 407 g/mol. The van der Waals surface area contributed by atoms with Gasteiger partial charge in [-0.2, -0.15) is 0 Å². The molecule has 0 atom stereocenters. The molecule has 2 aromatic rings. The van der Waals surface area contributed by atoms with Gasteiger partial charge in [0.1, 0.15) is 0 Å². The van der Waals surface area contributed by atoms with Crippen LogP contribution in [0.25, 0.3) is 11.4 Å². The minimum atomic E-state index is -0.377. The first-order valence-electron chi connectivity index (χ1n) is 9.25. The zero-order chi connectivity index (χ0) is 20.1. The van der Waals surface area contributed by atoms with Gasteiger partial charge in [-0.25, -0.2) is 0 Å². The van der Waals surface area contributed by atoms with Gasteiger partial charge in [-0.1, -0.05) is 31.0 Å². The first-order valence-corrected chi connectivity index (χ1v) is 10.2. The molecule has 0 aliphatic heterocycles. The summed E-state index contributed by atoms with van der Waals surface area (Å²) in [7, 11) is 4.74. The van der Waals surface area contributed by atoms with Gasteiger partial charge in [0.2, 0.25) is 11.7 Å². The van der Waals surface area contributed by atoms with Crippen molar-refractivity contribution in [2.45, 2.75) is 43.3 Å². The fourth-order valence-corrected chi connectivity index (χ4v) is 4.33. The van der Waals surface area contributed by atoms with Crippen molar-refractivity contribution >= 4 is 17.7 Å². The lowest BCUT2D eigenvalue weighted by atomic mass is 9.95. The van der Waals surface area contributed by atoms with Gasteiger partial charge in [0.25, 0.3) is 0 Å². The van der Waals surface area contributed by atoms with Gasteiger partial charge >= 0.3 is 0 Å². The number of hydrogen-bond donors (Lipinski definition) is 1. The average Bonchev–Trinajstić information content (AvgIpc) is 3.15. The number of carbonyl (C=O) groups excluding carboxylic acids is 1. The zero-order valence-corrected chi connectivity index (χ0v) is 17.3. The standard InChI is InChI=1S/C19H26N4O4S/c1-25-14-9-12(10-15(26-2)17(14)27-3)18-21-22-19(28-11-16(20)24)23(18)13-7-5-4-6-8-13/h9-10,13H,4-8,11H2,1-3H3,(H2,20,24). The molecular weight excluding hydrogens is 380 g/mol. The summed E-state index contributed by atoms with van der Waals surface area (Å²) in [5, 5.41) is 9.49. The highest BCUT2D eigenvalue weighted by atomic mass is 32.2. The van der Waals surface area contributed by atoms with Gasteiger partial charge in [-0.05, 0) is 25.0 Å². The molecule has 1 heterocycles. The van der Waals surface area contributed by atoms with E-state index in [-0.39, 0.29) is 17.7 Å². The summed E-state index contributed by atoms with van der Waals surface area (Å²) in [5.74, 6) is 2.15. The van der Waals surface area contributed by atoms with Gasteiger partial charge in [0.05, 0.1) is 27.1 Å². The second kappa shape index (κ2) is 9.18. The van der Waals surface area contributed by atoms with E-state index in [4.69, 9.17) is 19.9 Å². The van der Waals surface area contributed by atoms with Gasteiger partial charge in [0.15, 0.2) is 22.5 Å². The van der Waals surface area contributed by atoms with Crippen LogP contribution in [0.4, 0.5) is 0 Å². The lowest BCUT2D eigenvalue weighted by Gasteiger charge is -2.25. The van der Waals surface area contributed by atoms with E-state index in [1.807, 2.05) is 12.1 Å². The van der Waals surface area contributed by atoms with Crippen LogP contribution in [0, 0.1) is 0 Å². The lowest BCUT2D eigenvalue weighted by molar-refractivity contribution is -0.115. The molecular formula is C19H26N4O4S. The van der Waals surface area contributed by atoms with Gasteiger partial charge in [0, 0.05) is 11.6 Å². The third-order valence-electron chi connectivity index (χ3n) is 4.87. The van der Waals surface area contributed by atoms with E-state index in [1.165, 1.54) is 18.2 Å². The third-order valence-corrected chi connectivity index (χ3v) is 5.84. The van der Waals surface area contributed by atoms with E-state index >= 15 is 0 Å². The quantitative estimate of drug-likeness (QED) is 0.672. The van der Waals surface area contributed by atoms with E-state index in [9.17, 15) is 4.79 Å². The lowest BCUT2D eigenvalue weighted by Crippen LogP contribution is -2.17. The van der Waals surface area contributed by atoms with Crippen LogP contribution in [0.5, 0.6) is 17.2 Å². The molecule has 0 spiro atoms. The minimum Gasteiger partial charge on any atom is -0.493 e. The predicted octanol–water partition coefficient (Wildman–Crippen LogP) is 3.05. The predicted molar refractivity (Wildman–Crippen MR) is 107 cm³/mol. The fraction of sp³-hybridized carbons (Fsp3) is 0.526. The Morgan fingerprint density at radius 3 is 2.29 bits per heavy atom. The molecule has 1 saturated carbocycles. The molecule has 1 aromatic carbocycles. The Morgan fingerprint density at radius 2 is 1.75 bits per heavy atom. The SMILES string of the molecule is COc1cc(-c2nnc(SCC(N)=O)n2C2CCCCC2)cc(OC)c1OC. The van der Waals surface area contributed by atoms with E-state index in [0.717, 1.165) is 37.1 Å². The van der Waals surface area contributed by atoms with Crippen molar-refractivity contribution in [2.75, 3.05) is 27.1 Å². The molecule has 9 heteroatoms. The molecule has 8 nitrogen and oxygen atoms in total. The van der Waals surface area contributed by atoms with Crippen molar-refractivity contribution in [2.24, 2.45) is 5.73 Å². The summed E-state index contributed by atoms with van der Waals surface area (Å²) >= 11 is 1.32. The van der Waals surface area contributed by atoms with Gasteiger partial charge in [-0.3, -0.25) is 9.36 Å². The summed E-state index contributed by atoms with van der Waals surface area (Å²) < 4.78 is 18.5. The van der Waals surface area contributed by atoms with Crippen molar-refractivity contribution in [3.05, 3.63) is 12.1 Å². The number of primary amides is 1. The molecule has 0 saturated heterocycles. The molecule has 1 aromatic heterocycles. The second-order valence-corrected chi connectivity index (χ2v) is 7.58. The summed E-state index contributed by atoms with van der Waals surface area (Å²) in [6, 6.07) is 4.02. The van der Waals surface area contributed by atoms with Crippen LogP contribution in [-0.4, -0.2) is 47.8 Å². The van der Waals surface area contributed by atoms with Gasteiger partial charge in [-0.15, -0.1) is 10.2 Å². The molecule has 28 heavy (non-hydrogen) atoms. The number of rotatable bonds is 8. The maximum Gasteiger partial charge on any atom is 0.227 e. The van der Waals surface area contributed by atoms with E-state index in [0.29, 0.717) is 22.4 Å². The molecule has 1 amide bonds. The van der Waals surface area contributed by atoms with Crippen molar-refractivity contribution in [1.82, 2.24) is 14.8 Å². The first-order chi connectivity index (χ1) is 13.6. The Morgan fingerprint density at radius 1 is 1.11 bits per heavy atom. The molecule has 1 aliphatic carbocycles. The highest BCUT2D eigenvalue weighted by Gasteiger charge is 2.25. The smallest absolute Gasteiger partial charge is 0.227 e. The third kappa shape index (κ3) is 4.19. The van der Waals surface area contributed by atoms with Crippen molar-refractivity contribution < 1.29 is 19.0 Å². The maximum atomic E-state index is 11.3. The number of methoxy groups -OCH3 is 3. The molecule has 0 bridgehead atoms. The fourth-order valence-electron chi connectivity index (χ4n) is 3.59. The van der Waals surface area contributed by atoms with Crippen molar-refractivity contribution in [3.63, 3.8) is 0 Å². The van der Waals surface area contributed by atoms with E-state index in [1.54, 1.807) is 21.3 Å². The Hall–Kier alpha value is -2.42. The molecule has 0 unspecified atom stereocenters. The normalized spacial score (nSPS) is 14.7. The number of thioether (sulfide) groups is 1. The van der Waals surface area contributed by atoms with Crippen LogP contribution in [0.15, 0.2) is 17.3 Å². The number of carbonyl (C=O) groups is 1. The number of amides is 1. The minimum absolute atomic E-state index is 0.167. The number of aromatic nitrogens is 3. The van der Waals surface area contributed by atoms with Crippen LogP contribution in [0.1, 0.15) is 38.1 Å². The summed E-state index contributed by atoms with van der Waals surface area (Å²) in [4.78, 5) is 11.3. The number of hydrogen-bond acceptors (Lipinski definition) is 7. The van der Waals surface area contributed by atoms with Crippen LogP contribution < -0.4 is 19.9 Å². The van der Waals surface area contributed by atoms with E-state index < -0.39 is 0 Å². The van der Waals surface area contributed by atoms with Gasteiger partial charge < -0.3 is 19.9 Å². The molecule has 2 N–H and O–H groups in total. The first kappa shape index (κ1) is 20.3. The molecule has 1 aliphatic rings. The number of ether oxygens (including phenoxy) is 3. The number of benzene rings is 1. The highest BCUT2D eigenvalue weighted by molar-refractivity contribution is 7.99. The molecule has 1 fully saturated rings. The summed E-state index contributed by atoms with van der Waals surface area (Å²) in [5.41, 5.74) is 6.15. The summed E-state index contributed by atoms with van der Waals surface area (Å²) in [6.45, 7) is 0. The topological polar surface area (TPSA) is 101 Å². The van der Waals surface area contributed by atoms with Crippen LogP contribution in [0.3, 0.4) is 0 Å². The number of nitrogens with two attached hydrogens (primary N) is 1. The Bertz CT molecular complexity index is 808. The zero-order valence-electron chi connectivity index (χ0n) is 16.4. The van der Waals surface area contributed by atoms with Crippen molar-refractivity contribution in [1.29, 1.82) is 0 Å².